The van der Waals surface area contributed by atoms with E-state index in [2.05, 4.69) is 14.1 Å². The lowest BCUT2D eigenvalue weighted by Crippen LogP contribution is -2.60. The maximum absolute atomic E-state index is 12.5. The number of esters is 1. The Morgan fingerprint density at radius 3 is 2.43 bits per heavy atom. The molecule has 3 aliphatic heterocycles. The van der Waals surface area contributed by atoms with E-state index in [1.165, 1.54) is 0 Å². The fourth-order valence-corrected chi connectivity index (χ4v) is 4.55. The first kappa shape index (κ1) is 15.1. The summed E-state index contributed by atoms with van der Waals surface area (Å²) in [5.74, 6) is -0.908. The highest BCUT2D eigenvalue weighted by Gasteiger charge is 2.70. The number of aliphatic hydroxyl groups is 1. The molecule has 4 rings (SSSR count). The molecule has 4 unspecified atom stereocenters. The average Bonchev–Trinajstić information content (AvgIpc) is 3.27. The Hall–Kier alpha value is -1.43. The number of rotatable bonds is 4. The fourth-order valence-electron chi connectivity index (χ4n) is 4.55. The highest BCUT2D eigenvalue weighted by Crippen LogP contribution is 2.51. The lowest BCUT2D eigenvalue weighted by atomic mass is 9.95. The average molecular weight is 318 g/mol. The van der Waals surface area contributed by atoms with Crippen molar-refractivity contribution in [3.05, 3.63) is 35.9 Å². The number of morpholine rings is 1. The molecule has 1 aromatic carbocycles. The molecule has 0 saturated carbocycles. The second-order valence-corrected chi connectivity index (χ2v) is 7.51. The van der Waals surface area contributed by atoms with E-state index in [1.807, 2.05) is 30.3 Å². The van der Waals surface area contributed by atoms with Gasteiger partial charge in [-0.05, 0) is 5.56 Å². The number of aliphatic hydroxyl groups excluding tert-OH is 1. The largest absolute Gasteiger partial charge is 0.461 e. The van der Waals surface area contributed by atoms with Crippen LogP contribution in [-0.2, 0) is 14.3 Å². The molecule has 3 aliphatic rings. The maximum Gasteiger partial charge on any atom is 0.316 e. The van der Waals surface area contributed by atoms with Crippen molar-refractivity contribution in [2.75, 3.05) is 20.7 Å². The van der Waals surface area contributed by atoms with Crippen molar-refractivity contribution in [2.45, 2.75) is 49.2 Å². The summed E-state index contributed by atoms with van der Waals surface area (Å²) in [6, 6.07) is 10.2. The first-order chi connectivity index (χ1) is 11.0. The van der Waals surface area contributed by atoms with Gasteiger partial charge in [0.1, 0.15) is 36.3 Å². The Labute approximate surface area is 136 Å². The summed E-state index contributed by atoms with van der Waals surface area (Å²) in [7, 11) is 4.51. The minimum Gasteiger partial charge on any atom is -0.461 e. The van der Waals surface area contributed by atoms with Crippen molar-refractivity contribution in [2.24, 2.45) is 0 Å². The molecule has 3 saturated heterocycles. The Morgan fingerprint density at radius 1 is 1.26 bits per heavy atom. The molecule has 23 heavy (non-hydrogen) atoms. The molecule has 5 heteroatoms. The van der Waals surface area contributed by atoms with E-state index in [0.717, 1.165) is 22.9 Å². The number of quaternary nitrogens is 1. The topological polar surface area (TPSA) is 59.1 Å². The zero-order valence-electron chi connectivity index (χ0n) is 13.6. The van der Waals surface area contributed by atoms with Crippen LogP contribution in [0.5, 0.6) is 0 Å². The van der Waals surface area contributed by atoms with Crippen LogP contribution in [0.25, 0.3) is 0 Å². The Balaban J connectivity index is 1.44. The number of likely N-dealkylation sites (N-methyl/N-ethyl adjacent to an activating group) is 1. The van der Waals surface area contributed by atoms with Crippen LogP contribution in [0, 0.1) is 0 Å². The minimum absolute atomic E-state index is 0.0576. The lowest BCUT2D eigenvalue weighted by Gasteiger charge is -2.45. The predicted octanol–water partition coefficient (Wildman–Crippen LogP) is 1.06. The van der Waals surface area contributed by atoms with Crippen LogP contribution < -0.4 is 0 Å². The first-order valence-electron chi connectivity index (χ1n) is 8.37. The molecule has 0 spiro atoms. The molecule has 2 bridgehead atoms. The summed E-state index contributed by atoms with van der Waals surface area (Å²) in [5, 5.41) is 9.60. The number of piperidine rings is 1. The number of benzene rings is 1. The summed E-state index contributed by atoms with van der Waals surface area (Å²) in [6.07, 6.45) is 2.34. The van der Waals surface area contributed by atoms with Gasteiger partial charge in [0.15, 0.2) is 0 Å². The number of hydrogen-bond donors (Lipinski definition) is 1. The molecule has 6 atom stereocenters. The van der Waals surface area contributed by atoms with E-state index in [-0.39, 0.29) is 18.7 Å². The molecule has 3 heterocycles. The molecule has 0 aromatic heterocycles. The van der Waals surface area contributed by atoms with Crippen LogP contribution in [0.3, 0.4) is 0 Å². The summed E-state index contributed by atoms with van der Waals surface area (Å²) in [4.78, 5) is 12.5. The molecule has 0 amide bonds. The van der Waals surface area contributed by atoms with Gasteiger partial charge in [-0.25, -0.2) is 0 Å². The molecule has 1 N–H and O–H groups in total. The van der Waals surface area contributed by atoms with E-state index in [0.29, 0.717) is 24.3 Å². The minimum atomic E-state index is -0.593. The molecular weight excluding hydrogens is 294 g/mol. The van der Waals surface area contributed by atoms with Crippen molar-refractivity contribution in [3.8, 4) is 0 Å². The number of carbonyl (C=O) groups is 1. The van der Waals surface area contributed by atoms with Gasteiger partial charge < -0.3 is 19.1 Å². The number of nitrogens with zero attached hydrogens (tertiary/aromatic N) is 1. The summed E-state index contributed by atoms with van der Waals surface area (Å²) in [5.41, 5.74) is 0.807. The highest BCUT2D eigenvalue weighted by molar-refractivity contribution is 5.78. The van der Waals surface area contributed by atoms with Gasteiger partial charge in [0.05, 0.1) is 20.7 Å². The second-order valence-electron chi connectivity index (χ2n) is 7.51. The van der Waals surface area contributed by atoms with Crippen LogP contribution in [-0.4, -0.2) is 66.7 Å². The van der Waals surface area contributed by atoms with E-state index in [4.69, 9.17) is 9.47 Å². The van der Waals surface area contributed by atoms with Crippen LogP contribution in [0.4, 0.5) is 0 Å². The number of epoxide rings is 1. The van der Waals surface area contributed by atoms with Crippen molar-refractivity contribution < 1.29 is 23.9 Å². The van der Waals surface area contributed by atoms with Gasteiger partial charge in [0.2, 0.25) is 0 Å². The van der Waals surface area contributed by atoms with Gasteiger partial charge in [-0.15, -0.1) is 0 Å². The van der Waals surface area contributed by atoms with E-state index in [9.17, 15) is 9.90 Å². The maximum atomic E-state index is 12.5. The van der Waals surface area contributed by atoms with Crippen molar-refractivity contribution in [1.82, 2.24) is 0 Å². The van der Waals surface area contributed by atoms with Crippen LogP contribution in [0.2, 0.25) is 0 Å². The predicted molar refractivity (Wildman–Crippen MR) is 83.7 cm³/mol. The Bertz CT molecular complexity index is 582. The molecule has 0 aliphatic carbocycles. The fraction of sp³-hybridized carbons (Fsp3) is 0.611. The summed E-state index contributed by atoms with van der Waals surface area (Å²) >= 11 is 0. The van der Waals surface area contributed by atoms with Gasteiger partial charge in [-0.3, -0.25) is 4.79 Å². The number of hydrogen-bond acceptors (Lipinski definition) is 4. The van der Waals surface area contributed by atoms with Gasteiger partial charge in [-0.1, -0.05) is 30.3 Å². The quantitative estimate of drug-likeness (QED) is 0.512. The summed E-state index contributed by atoms with van der Waals surface area (Å²) < 4.78 is 12.5. The zero-order valence-corrected chi connectivity index (χ0v) is 13.6. The smallest absolute Gasteiger partial charge is 0.316 e. The van der Waals surface area contributed by atoms with Crippen molar-refractivity contribution >= 4 is 5.97 Å². The van der Waals surface area contributed by atoms with E-state index >= 15 is 0 Å². The Morgan fingerprint density at radius 2 is 1.87 bits per heavy atom. The molecule has 0 radical (unpaired) electrons. The highest BCUT2D eigenvalue weighted by atomic mass is 16.6. The van der Waals surface area contributed by atoms with Gasteiger partial charge in [0, 0.05) is 12.8 Å². The van der Waals surface area contributed by atoms with Crippen molar-refractivity contribution in [3.63, 3.8) is 0 Å². The monoisotopic (exact) mass is 318 g/mol. The van der Waals surface area contributed by atoms with Crippen molar-refractivity contribution in [1.29, 1.82) is 0 Å². The molecule has 3 fully saturated rings. The normalized spacial score (nSPS) is 37.8. The number of carbonyl (C=O) groups excluding carboxylic acids is 1. The van der Waals surface area contributed by atoms with Crippen LogP contribution >= 0.6 is 0 Å². The first-order valence-corrected chi connectivity index (χ1v) is 8.37. The van der Waals surface area contributed by atoms with Gasteiger partial charge in [0.25, 0.3) is 0 Å². The zero-order chi connectivity index (χ0) is 16.2. The second kappa shape index (κ2) is 5.30. The number of ether oxygens (including phenoxy) is 2. The Kier molecular flexibility index (Phi) is 3.48. The molecule has 1 aromatic rings. The molecular formula is C18H24NO4+. The lowest BCUT2D eigenvalue weighted by molar-refractivity contribution is -0.938. The standard InChI is InChI=1S/C18H24NO4/c1-19(2)14-8-12(9-15(19)17-16(14)23-17)22-18(21)13(10-20)11-6-4-3-5-7-11/h3-7,12-17,20H,8-10H2,1-2H3/q+1/t12?,13?,14?,15?,16-,17+. The van der Waals surface area contributed by atoms with Crippen LogP contribution in [0.15, 0.2) is 30.3 Å². The van der Waals surface area contributed by atoms with Crippen LogP contribution in [0.1, 0.15) is 24.3 Å². The van der Waals surface area contributed by atoms with Gasteiger partial charge >= 0.3 is 5.97 Å². The van der Waals surface area contributed by atoms with E-state index < -0.39 is 5.92 Å². The third-order valence-corrected chi connectivity index (χ3v) is 5.99. The molecule has 124 valence electrons. The number of fused-ring (bicyclic) bond motifs is 5. The van der Waals surface area contributed by atoms with E-state index in [1.54, 1.807) is 0 Å². The third-order valence-electron chi connectivity index (χ3n) is 5.99. The SMILES string of the molecule is C[N+]1(C)C2CC(OC(=O)C(CO)c3ccccc3)CC1[C@@H]1O[C@H]21. The van der Waals surface area contributed by atoms with Gasteiger partial charge in [-0.2, -0.15) is 0 Å². The molecule has 5 nitrogen and oxygen atoms in total. The third kappa shape index (κ3) is 2.38. The summed E-state index contributed by atoms with van der Waals surface area (Å²) in [6.45, 7) is -0.224.